The third-order valence-corrected chi connectivity index (χ3v) is 7.55. The molecule has 1 aromatic heterocycles. The molecule has 0 radical (unpaired) electrons. The van der Waals surface area contributed by atoms with Gasteiger partial charge in [-0.2, -0.15) is 4.31 Å². The van der Waals surface area contributed by atoms with Crippen molar-refractivity contribution >= 4 is 26.7 Å². The van der Waals surface area contributed by atoms with Crippen molar-refractivity contribution in [2.75, 3.05) is 0 Å². The number of benzene rings is 3. The first kappa shape index (κ1) is 21.4. The molecule has 6 nitrogen and oxygen atoms in total. The maximum absolute atomic E-state index is 13.6. The Bertz CT molecular complexity index is 1380. The summed E-state index contributed by atoms with van der Waals surface area (Å²) in [7, 11) is -3.81. The first-order valence-corrected chi connectivity index (χ1v) is 12.3. The van der Waals surface area contributed by atoms with Crippen LogP contribution in [0.1, 0.15) is 34.5 Å². The van der Waals surface area contributed by atoms with E-state index in [0.717, 1.165) is 29.2 Å². The molecule has 0 bridgehead atoms. The highest BCUT2D eigenvalue weighted by Crippen LogP contribution is 2.25. The van der Waals surface area contributed by atoms with Crippen LogP contribution in [0.15, 0.2) is 94.4 Å². The molecule has 0 saturated heterocycles. The van der Waals surface area contributed by atoms with Crippen molar-refractivity contribution in [3.05, 3.63) is 102 Å². The van der Waals surface area contributed by atoms with Crippen LogP contribution >= 0.6 is 0 Å². The summed E-state index contributed by atoms with van der Waals surface area (Å²) < 4.78 is 34.1. The number of rotatable bonds is 8. The molecule has 3 aromatic carbocycles. The molecular formula is C26H24N2O4S. The highest BCUT2D eigenvalue weighted by molar-refractivity contribution is 7.89. The Labute approximate surface area is 192 Å². The Kier molecular flexibility index (Phi) is 5.74. The van der Waals surface area contributed by atoms with Crippen LogP contribution in [0.2, 0.25) is 0 Å². The fourth-order valence-electron chi connectivity index (χ4n) is 3.74. The van der Waals surface area contributed by atoms with Crippen LogP contribution in [-0.2, 0) is 23.1 Å². The molecule has 1 heterocycles. The first-order chi connectivity index (χ1) is 16.0. The molecule has 1 N–H and O–H groups in total. The summed E-state index contributed by atoms with van der Waals surface area (Å²) in [6.45, 7) is 0.256. The van der Waals surface area contributed by atoms with E-state index in [2.05, 4.69) is 5.32 Å². The number of hydrogen-bond donors (Lipinski definition) is 1. The van der Waals surface area contributed by atoms with Gasteiger partial charge in [0, 0.05) is 18.2 Å². The molecule has 1 fully saturated rings. The SMILES string of the molecule is O=C(NC1CC1)c1ccc(CN(Cc2ccco2)S(=O)(=O)c2ccc3ccccc3c2)cc1. The van der Waals surface area contributed by atoms with E-state index in [1.54, 1.807) is 48.5 Å². The fraction of sp³-hybridized carbons (Fsp3) is 0.192. The summed E-state index contributed by atoms with van der Waals surface area (Å²) in [6.07, 6.45) is 3.58. The van der Waals surface area contributed by atoms with Crippen molar-refractivity contribution in [3.8, 4) is 0 Å². The summed E-state index contributed by atoms with van der Waals surface area (Å²) >= 11 is 0. The van der Waals surface area contributed by atoms with Crippen LogP contribution in [0.25, 0.3) is 10.8 Å². The molecule has 0 unspecified atom stereocenters. The van der Waals surface area contributed by atoms with Gasteiger partial charge in [0.05, 0.1) is 17.7 Å². The van der Waals surface area contributed by atoms with Crippen molar-refractivity contribution in [1.29, 1.82) is 0 Å². The molecule has 7 heteroatoms. The molecule has 1 saturated carbocycles. The van der Waals surface area contributed by atoms with Crippen molar-refractivity contribution < 1.29 is 17.6 Å². The van der Waals surface area contributed by atoms with Gasteiger partial charge in [-0.15, -0.1) is 0 Å². The normalized spacial score (nSPS) is 14.0. The molecule has 1 aliphatic carbocycles. The maximum Gasteiger partial charge on any atom is 0.251 e. The summed E-state index contributed by atoms with van der Waals surface area (Å²) in [5.74, 6) is 0.458. The molecular weight excluding hydrogens is 436 g/mol. The van der Waals surface area contributed by atoms with Gasteiger partial charge in [-0.05, 0) is 65.6 Å². The number of amides is 1. The molecule has 0 atom stereocenters. The van der Waals surface area contributed by atoms with Crippen LogP contribution in [0, 0.1) is 0 Å². The minimum Gasteiger partial charge on any atom is -0.468 e. The monoisotopic (exact) mass is 460 g/mol. The number of hydrogen-bond acceptors (Lipinski definition) is 4. The predicted octanol–water partition coefficient (Wildman–Crippen LogP) is 4.72. The lowest BCUT2D eigenvalue weighted by Gasteiger charge is -2.22. The lowest BCUT2D eigenvalue weighted by Crippen LogP contribution is -2.30. The molecule has 168 valence electrons. The Morgan fingerprint density at radius 2 is 1.67 bits per heavy atom. The number of nitrogens with one attached hydrogen (secondary N) is 1. The molecule has 0 aliphatic heterocycles. The zero-order valence-electron chi connectivity index (χ0n) is 18.0. The van der Waals surface area contributed by atoms with Crippen LogP contribution in [0.3, 0.4) is 0 Å². The Hall–Kier alpha value is -3.42. The second kappa shape index (κ2) is 8.84. The van der Waals surface area contributed by atoms with E-state index in [4.69, 9.17) is 4.42 Å². The van der Waals surface area contributed by atoms with Crippen LogP contribution in [-0.4, -0.2) is 24.7 Å². The van der Waals surface area contributed by atoms with Crippen molar-refractivity contribution in [2.45, 2.75) is 36.9 Å². The van der Waals surface area contributed by atoms with Gasteiger partial charge in [0.15, 0.2) is 0 Å². The number of carbonyl (C=O) groups excluding carboxylic acids is 1. The van der Waals surface area contributed by atoms with Gasteiger partial charge in [0.1, 0.15) is 5.76 Å². The smallest absolute Gasteiger partial charge is 0.251 e. The van der Waals surface area contributed by atoms with E-state index in [9.17, 15) is 13.2 Å². The molecule has 5 rings (SSSR count). The average molecular weight is 461 g/mol. The van der Waals surface area contributed by atoms with Gasteiger partial charge >= 0.3 is 0 Å². The van der Waals surface area contributed by atoms with Gasteiger partial charge in [-0.1, -0.05) is 42.5 Å². The summed E-state index contributed by atoms with van der Waals surface area (Å²) in [4.78, 5) is 12.5. The number of carbonyl (C=O) groups is 1. The van der Waals surface area contributed by atoms with Gasteiger partial charge in [-0.3, -0.25) is 4.79 Å². The highest BCUT2D eigenvalue weighted by atomic mass is 32.2. The standard InChI is InChI=1S/C26H24N2O4S/c29-26(27-23-12-13-23)21-9-7-19(8-10-21)17-28(18-24-6-3-15-32-24)33(30,31)25-14-11-20-4-1-2-5-22(20)16-25/h1-11,14-16,23H,12-13,17-18H2,(H,27,29). The largest absolute Gasteiger partial charge is 0.468 e. The van der Waals surface area contributed by atoms with Crippen molar-refractivity contribution in [2.24, 2.45) is 0 Å². The minimum absolute atomic E-state index is 0.0970. The highest BCUT2D eigenvalue weighted by Gasteiger charge is 2.27. The topological polar surface area (TPSA) is 79.6 Å². The Balaban J connectivity index is 1.42. The summed E-state index contributed by atoms with van der Waals surface area (Å²) in [5.41, 5.74) is 1.36. The van der Waals surface area contributed by atoms with Crippen LogP contribution in [0.4, 0.5) is 0 Å². The summed E-state index contributed by atoms with van der Waals surface area (Å²) in [6, 6.07) is 23.7. The predicted molar refractivity (Wildman–Crippen MR) is 126 cm³/mol. The van der Waals surface area contributed by atoms with Gasteiger partial charge < -0.3 is 9.73 Å². The average Bonchev–Trinajstić information content (AvgIpc) is 3.49. The summed E-state index contributed by atoms with van der Waals surface area (Å²) in [5, 5.41) is 4.81. The zero-order chi connectivity index (χ0) is 22.8. The second-order valence-electron chi connectivity index (χ2n) is 8.31. The van der Waals surface area contributed by atoms with E-state index < -0.39 is 10.0 Å². The molecule has 1 aliphatic rings. The van der Waals surface area contributed by atoms with E-state index >= 15 is 0 Å². The fourth-order valence-corrected chi connectivity index (χ4v) is 5.17. The Morgan fingerprint density at radius 1 is 0.909 bits per heavy atom. The van der Waals surface area contributed by atoms with E-state index in [1.807, 2.05) is 30.3 Å². The third kappa shape index (κ3) is 4.84. The number of fused-ring (bicyclic) bond motifs is 1. The van der Waals surface area contributed by atoms with E-state index in [0.29, 0.717) is 11.3 Å². The van der Waals surface area contributed by atoms with E-state index in [-0.39, 0.29) is 29.9 Å². The number of nitrogens with zero attached hydrogens (tertiary/aromatic N) is 1. The third-order valence-electron chi connectivity index (χ3n) is 5.76. The molecule has 0 spiro atoms. The van der Waals surface area contributed by atoms with Crippen LogP contribution < -0.4 is 5.32 Å². The minimum atomic E-state index is -3.81. The maximum atomic E-state index is 13.6. The number of sulfonamides is 1. The first-order valence-electron chi connectivity index (χ1n) is 10.9. The molecule has 1 amide bonds. The van der Waals surface area contributed by atoms with Crippen molar-refractivity contribution in [1.82, 2.24) is 9.62 Å². The van der Waals surface area contributed by atoms with E-state index in [1.165, 1.54) is 10.6 Å². The van der Waals surface area contributed by atoms with Gasteiger partial charge in [0.25, 0.3) is 5.91 Å². The van der Waals surface area contributed by atoms with Gasteiger partial charge in [-0.25, -0.2) is 8.42 Å². The quantitative estimate of drug-likeness (QED) is 0.413. The lowest BCUT2D eigenvalue weighted by atomic mass is 10.1. The number of furan rings is 1. The van der Waals surface area contributed by atoms with Gasteiger partial charge in [0.2, 0.25) is 10.0 Å². The second-order valence-corrected chi connectivity index (χ2v) is 10.2. The Morgan fingerprint density at radius 3 is 2.36 bits per heavy atom. The molecule has 33 heavy (non-hydrogen) atoms. The molecule has 4 aromatic rings. The zero-order valence-corrected chi connectivity index (χ0v) is 18.8. The lowest BCUT2D eigenvalue weighted by molar-refractivity contribution is 0.0951. The van der Waals surface area contributed by atoms with Crippen LogP contribution in [0.5, 0.6) is 0 Å². The van der Waals surface area contributed by atoms with Crippen molar-refractivity contribution in [3.63, 3.8) is 0 Å².